The molecule has 1 aromatic heterocycles. The van der Waals surface area contributed by atoms with Crippen molar-refractivity contribution in [2.75, 3.05) is 26.2 Å². The van der Waals surface area contributed by atoms with Gasteiger partial charge in [-0.3, -0.25) is 0 Å². The highest BCUT2D eigenvalue weighted by molar-refractivity contribution is 7.89. The third-order valence-corrected chi connectivity index (χ3v) is 5.35. The first-order chi connectivity index (χ1) is 9.14. The third kappa shape index (κ3) is 3.55. The fourth-order valence-corrected chi connectivity index (χ4v) is 3.73. The van der Waals surface area contributed by atoms with Gasteiger partial charge in [0.2, 0.25) is 0 Å². The molecule has 1 saturated heterocycles. The molecule has 1 aliphatic heterocycles. The highest BCUT2D eigenvalue weighted by Crippen LogP contribution is 2.22. The van der Waals surface area contributed by atoms with Gasteiger partial charge in [-0.15, -0.1) is 0 Å². The zero-order valence-corrected chi connectivity index (χ0v) is 12.1. The van der Waals surface area contributed by atoms with Crippen molar-refractivity contribution in [3.8, 4) is 0 Å². The van der Waals surface area contributed by atoms with Crippen LogP contribution in [0.15, 0.2) is 17.6 Å². The summed E-state index contributed by atoms with van der Waals surface area (Å²) in [7, 11) is -3.37. The molecule has 2 heterocycles. The Balaban J connectivity index is 1.86. The molecule has 0 amide bonds. The molecular weight excluding hydrogens is 264 g/mol. The van der Waals surface area contributed by atoms with E-state index in [1.165, 1.54) is 12.5 Å². The van der Waals surface area contributed by atoms with Crippen LogP contribution < -0.4 is 5.32 Å². The summed E-state index contributed by atoms with van der Waals surface area (Å²) in [5, 5.41) is 3.59. The van der Waals surface area contributed by atoms with Crippen LogP contribution in [-0.2, 0) is 10.0 Å². The summed E-state index contributed by atoms with van der Waals surface area (Å²) < 4.78 is 26.1. The zero-order chi connectivity index (χ0) is 13.7. The summed E-state index contributed by atoms with van der Waals surface area (Å²) >= 11 is 0. The fraction of sp³-hybridized carbons (Fsp3) is 0.750. The summed E-state index contributed by atoms with van der Waals surface area (Å²) in [6.45, 7) is 5.37. The number of piperidine rings is 1. The van der Waals surface area contributed by atoms with Crippen LogP contribution in [0.1, 0.15) is 26.2 Å². The summed E-state index contributed by atoms with van der Waals surface area (Å²) in [6, 6.07) is 0. The first-order valence-corrected chi connectivity index (χ1v) is 8.28. The molecule has 0 aromatic carbocycles. The Labute approximate surface area is 114 Å². The second-order valence-electron chi connectivity index (χ2n) is 4.97. The summed E-state index contributed by atoms with van der Waals surface area (Å²) in [6.07, 6.45) is 5.74. The van der Waals surface area contributed by atoms with E-state index in [1.54, 1.807) is 4.31 Å². The summed E-state index contributed by atoms with van der Waals surface area (Å²) in [4.78, 5) is 6.45. The number of nitrogens with zero attached hydrogens (tertiary/aromatic N) is 2. The lowest BCUT2D eigenvalue weighted by Gasteiger charge is -2.30. The van der Waals surface area contributed by atoms with Crippen molar-refractivity contribution in [3.05, 3.63) is 12.5 Å². The van der Waals surface area contributed by atoms with Crippen molar-refractivity contribution in [3.63, 3.8) is 0 Å². The number of nitrogens with one attached hydrogen (secondary N) is 2. The normalized spacial score (nSPS) is 18.8. The Hall–Kier alpha value is -0.920. The van der Waals surface area contributed by atoms with Gasteiger partial charge in [0.25, 0.3) is 10.0 Å². The molecule has 2 N–H and O–H groups in total. The van der Waals surface area contributed by atoms with Crippen LogP contribution >= 0.6 is 0 Å². The van der Waals surface area contributed by atoms with Gasteiger partial charge in [-0.2, -0.15) is 4.31 Å². The number of hydrogen-bond donors (Lipinski definition) is 2. The fourth-order valence-electron chi connectivity index (χ4n) is 2.36. The second-order valence-corrected chi connectivity index (χ2v) is 6.87. The number of H-pyrrole nitrogens is 1. The van der Waals surface area contributed by atoms with E-state index in [4.69, 9.17) is 0 Å². The third-order valence-electron chi connectivity index (χ3n) is 3.52. The molecule has 0 saturated carbocycles. The van der Waals surface area contributed by atoms with Gasteiger partial charge in [0, 0.05) is 13.1 Å². The molecule has 0 atom stereocenters. The lowest BCUT2D eigenvalue weighted by Crippen LogP contribution is -2.40. The van der Waals surface area contributed by atoms with Crippen molar-refractivity contribution >= 4 is 10.0 Å². The van der Waals surface area contributed by atoms with E-state index in [-0.39, 0.29) is 5.03 Å². The summed E-state index contributed by atoms with van der Waals surface area (Å²) in [5.74, 6) is 0.583. The van der Waals surface area contributed by atoms with Gasteiger partial charge in [-0.25, -0.2) is 13.4 Å². The molecule has 19 heavy (non-hydrogen) atoms. The van der Waals surface area contributed by atoms with Crippen LogP contribution in [-0.4, -0.2) is 48.9 Å². The number of aromatic nitrogens is 2. The van der Waals surface area contributed by atoms with Crippen molar-refractivity contribution in [2.24, 2.45) is 5.92 Å². The van der Waals surface area contributed by atoms with Crippen molar-refractivity contribution < 1.29 is 8.42 Å². The van der Waals surface area contributed by atoms with Gasteiger partial charge >= 0.3 is 0 Å². The van der Waals surface area contributed by atoms with Crippen LogP contribution in [0.4, 0.5) is 0 Å². The minimum atomic E-state index is -3.37. The van der Waals surface area contributed by atoms with E-state index >= 15 is 0 Å². The number of sulfonamides is 1. The molecule has 0 bridgehead atoms. The number of rotatable bonds is 6. The van der Waals surface area contributed by atoms with Gasteiger partial charge in [0.05, 0.1) is 12.5 Å². The molecule has 7 heteroatoms. The number of hydrogen-bond acceptors (Lipinski definition) is 4. The minimum Gasteiger partial charge on any atom is -0.335 e. The van der Waals surface area contributed by atoms with Gasteiger partial charge in [-0.1, -0.05) is 6.92 Å². The molecule has 0 spiro atoms. The van der Waals surface area contributed by atoms with E-state index in [1.807, 2.05) is 0 Å². The quantitative estimate of drug-likeness (QED) is 0.759. The average molecular weight is 286 g/mol. The van der Waals surface area contributed by atoms with Crippen molar-refractivity contribution in [1.29, 1.82) is 0 Å². The lowest BCUT2D eigenvalue weighted by atomic mass is 9.98. The van der Waals surface area contributed by atoms with Crippen LogP contribution in [0.25, 0.3) is 0 Å². The molecule has 1 aliphatic rings. The van der Waals surface area contributed by atoms with E-state index in [0.29, 0.717) is 19.0 Å². The van der Waals surface area contributed by atoms with Crippen LogP contribution in [0.3, 0.4) is 0 Å². The van der Waals surface area contributed by atoms with Crippen LogP contribution in [0.2, 0.25) is 0 Å². The Morgan fingerprint density at radius 2 is 2.21 bits per heavy atom. The number of imidazole rings is 1. The van der Waals surface area contributed by atoms with Crippen molar-refractivity contribution in [2.45, 2.75) is 31.2 Å². The lowest BCUT2D eigenvalue weighted by molar-refractivity contribution is 0.267. The van der Waals surface area contributed by atoms with Gasteiger partial charge in [0.15, 0.2) is 5.03 Å². The smallest absolute Gasteiger partial charge is 0.260 e. The maximum atomic E-state index is 12.3. The molecule has 108 valence electrons. The maximum Gasteiger partial charge on any atom is 0.260 e. The second kappa shape index (κ2) is 6.49. The standard InChI is InChI=1S/C12H22N4O2S/c1-2-5-13-8-11-3-6-16(7-4-11)19(17,18)12-9-14-10-15-12/h9-11,13H,2-8H2,1H3,(H,14,15). The Bertz CT molecular complexity index is 464. The predicted octanol–water partition coefficient (Wildman–Crippen LogP) is 0.810. The van der Waals surface area contributed by atoms with E-state index in [9.17, 15) is 8.42 Å². The van der Waals surface area contributed by atoms with Crippen LogP contribution in [0, 0.1) is 5.92 Å². The van der Waals surface area contributed by atoms with Gasteiger partial charge in [0.1, 0.15) is 0 Å². The Morgan fingerprint density at radius 3 is 2.79 bits per heavy atom. The van der Waals surface area contributed by atoms with Crippen LogP contribution in [0.5, 0.6) is 0 Å². The van der Waals surface area contributed by atoms with Gasteiger partial charge < -0.3 is 10.3 Å². The SMILES string of the molecule is CCCNCC1CCN(S(=O)(=O)c2cnc[nH]2)CC1. The first kappa shape index (κ1) is 14.5. The largest absolute Gasteiger partial charge is 0.335 e. The summed E-state index contributed by atoms with van der Waals surface area (Å²) in [5.41, 5.74) is 0. The first-order valence-electron chi connectivity index (χ1n) is 6.84. The van der Waals surface area contributed by atoms with E-state index in [2.05, 4.69) is 22.2 Å². The molecule has 0 unspecified atom stereocenters. The van der Waals surface area contributed by atoms with E-state index < -0.39 is 10.0 Å². The molecule has 6 nitrogen and oxygen atoms in total. The Kier molecular flexibility index (Phi) is 4.95. The molecule has 0 radical (unpaired) electrons. The maximum absolute atomic E-state index is 12.3. The molecule has 1 fully saturated rings. The molecule has 2 rings (SSSR count). The highest BCUT2D eigenvalue weighted by atomic mass is 32.2. The average Bonchev–Trinajstić information content (AvgIpc) is 2.94. The molecule has 1 aromatic rings. The van der Waals surface area contributed by atoms with E-state index in [0.717, 1.165) is 32.4 Å². The van der Waals surface area contributed by atoms with Crippen molar-refractivity contribution in [1.82, 2.24) is 19.6 Å². The van der Waals surface area contributed by atoms with Gasteiger partial charge in [-0.05, 0) is 38.3 Å². The topological polar surface area (TPSA) is 78.1 Å². The highest BCUT2D eigenvalue weighted by Gasteiger charge is 2.29. The predicted molar refractivity (Wildman–Crippen MR) is 73.2 cm³/mol. The monoisotopic (exact) mass is 286 g/mol. The zero-order valence-electron chi connectivity index (χ0n) is 11.3. The molecular formula is C12H22N4O2S. The number of aromatic amines is 1. The Morgan fingerprint density at radius 1 is 1.47 bits per heavy atom. The molecule has 0 aliphatic carbocycles. The minimum absolute atomic E-state index is 0.190.